The molecule has 0 aliphatic rings. The summed E-state index contributed by atoms with van der Waals surface area (Å²) in [5, 5.41) is 39.0. The Morgan fingerprint density at radius 3 is 1.19 bits per heavy atom. The van der Waals surface area contributed by atoms with Crippen LogP contribution in [0.1, 0.15) is 22.6 Å². The fraction of sp³-hybridized carbons (Fsp3) is 0.118. The number of aromatic hydroxyl groups is 4. The quantitative estimate of drug-likeness (QED) is 0.181. The number of aryl methyl sites for hydroxylation is 4. The van der Waals surface area contributed by atoms with Crippen molar-refractivity contribution in [3.05, 3.63) is 140 Å². The van der Waals surface area contributed by atoms with Crippen molar-refractivity contribution < 1.29 is 29.3 Å². The highest BCUT2D eigenvalue weighted by Crippen LogP contribution is 2.31. The van der Waals surface area contributed by atoms with Crippen molar-refractivity contribution in [3.8, 4) is 23.0 Å². The van der Waals surface area contributed by atoms with Gasteiger partial charge in [0.25, 0.3) is 0 Å². The van der Waals surface area contributed by atoms with Gasteiger partial charge < -0.3 is 29.3 Å². The van der Waals surface area contributed by atoms with Crippen LogP contribution in [0, 0.1) is 0 Å². The van der Waals surface area contributed by atoms with Crippen LogP contribution >= 0.6 is 0 Å². The van der Waals surface area contributed by atoms with E-state index in [4.69, 9.17) is 8.83 Å². The van der Waals surface area contributed by atoms with Gasteiger partial charge in [0, 0.05) is 25.0 Å². The van der Waals surface area contributed by atoms with Gasteiger partial charge in [-0.05, 0) is 48.2 Å². The van der Waals surface area contributed by atoms with E-state index in [-0.39, 0.29) is 55.8 Å². The summed E-state index contributed by atoms with van der Waals surface area (Å²) >= 11 is 0. The average molecular weight is 565 g/mol. The zero-order valence-electron chi connectivity index (χ0n) is 22.5. The van der Waals surface area contributed by atoms with E-state index in [9.17, 15) is 30.0 Å². The van der Waals surface area contributed by atoms with E-state index < -0.39 is 0 Å². The molecule has 0 atom stereocenters. The van der Waals surface area contributed by atoms with Crippen molar-refractivity contribution in [1.82, 2.24) is 0 Å². The Morgan fingerprint density at radius 2 is 0.810 bits per heavy atom. The first-order valence-corrected chi connectivity index (χ1v) is 13.3. The predicted octanol–water partition coefficient (Wildman–Crippen LogP) is 5.98. The summed E-state index contributed by atoms with van der Waals surface area (Å²) in [5.74, 6) is 0.287. The second-order valence-corrected chi connectivity index (χ2v) is 9.74. The normalized spacial score (nSPS) is 10.9. The molecule has 4 N–H and O–H groups in total. The van der Waals surface area contributed by atoms with Crippen LogP contribution in [0.15, 0.2) is 115 Å². The molecule has 0 saturated heterocycles. The molecule has 0 spiro atoms. The van der Waals surface area contributed by atoms with Crippen LogP contribution in [0.4, 0.5) is 0 Å². The van der Waals surface area contributed by atoms with E-state index in [1.165, 1.54) is 36.4 Å². The molecular weight excluding hydrogens is 536 g/mol. The first-order chi connectivity index (χ1) is 20.3. The first kappa shape index (κ1) is 28.0. The Kier molecular flexibility index (Phi) is 8.24. The highest BCUT2D eigenvalue weighted by atomic mass is 16.4. The van der Waals surface area contributed by atoms with Crippen LogP contribution in [-0.4, -0.2) is 20.4 Å². The summed E-state index contributed by atoms with van der Waals surface area (Å²) < 4.78 is 11.1. The van der Waals surface area contributed by atoms with Gasteiger partial charge in [0.05, 0.1) is 0 Å². The van der Waals surface area contributed by atoms with Crippen LogP contribution in [0.2, 0.25) is 0 Å². The Bertz CT molecular complexity index is 1810. The van der Waals surface area contributed by atoms with Crippen LogP contribution < -0.4 is 10.9 Å². The molecule has 0 amide bonds. The molecule has 212 valence electrons. The number of phenolic OH excluding ortho intramolecular Hbond substituents is 4. The van der Waals surface area contributed by atoms with Crippen LogP contribution in [0.5, 0.6) is 23.0 Å². The van der Waals surface area contributed by atoms with Gasteiger partial charge in [-0.1, -0.05) is 60.7 Å². The average Bonchev–Trinajstić information content (AvgIpc) is 3.00. The standard InChI is InChI=1S/2C17H14O4/c2*18-13-8-9-14(19)17-16(13)15(20)10-12(21-17)7-6-11-4-2-1-3-5-11/h2*1-5,8-10,18-19H,6-7H2. The molecule has 2 heterocycles. The molecule has 0 fully saturated rings. The first-order valence-electron chi connectivity index (χ1n) is 13.3. The second-order valence-electron chi connectivity index (χ2n) is 9.74. The fourth-order valence-electron chi connectivity index (χ4n) is 4.63. The molecule has 0 radical (unpaired) electrons. The monoisotopic (exact) mass is 564 g/mol. The van der Waals surface area contributed by atoms with Gasteiger partial charge in [0.2, 0.25) is 0 Å². The van der Waals surface area contributed by atoms with Crippen LogP contribution in [0.25, 0.3) is 21.9 Å². The second kappa shape index (κ2) is 12.3. The Hall–Kier alpha value is -5.50. The van der Waals surface area contributed by atoms with Crippen molar-refractivity contribution in [2.24, 2.45) is 0 Å². The molecule has 8 heteroatoms. The Labute approximate surface area is 240 Å². The van der Waals surface area contributed by atoms with Gasteiger partial charge in [-0.3, -0.25) is 9.59 Å². The molecule has 4 aromatic carbocycles. The van der Waals surface area contributed by atoms with Crippen molar-refractivity contribution in [1.29, 1.82) is 0 Å². The molecule has 0 bridgehead atoms. The van der Waals surface area contributed by atoms with E-state index in [1.54, 1.807) is 0 Å². The fourth-order valence-corrected chi connectivity index (χ4v) is 4.63. The van der Waals surface area contributed by atoms with E-state index in [0.29, 0.717) is 24.4 Å². The van der Waals surface area contributed by atoms with Crippen molar-refractivity contribution >= 4 is 21.9 Å². The lowest BCUT2D eigenvalue weighted by Gasteiger charge is -2.06. The lowest BCUT2D eigenvalue weighted by Crippen LogP contribution is -2.03. The highest BCUT2D eigenvalue weighted by Gasteiger charge is 2.14. The summed E-state index contributed by atoms with van der Waals surface area (Å²) in [6.07, 6.45) is 2.55. The summed E-state index contributed by atoms with van der Waals surface area (Å²) in [4.78, 5) is 24.1. The minimum absolute atomic E-state index is 0.0125. The van der Waals surface area contributed by atoms with Crippen LogP contribution in [0.3, 0.4) is 0 Å². The summed E-state index contributed by atoms with van der Waals surface area (Å²) in [6, 6.07) is 27.6. The lowest BCUT2D eigenvalue weighted by molar-refractivity contribution is 0.445. The summed E-state index contributed by atoms with van der Waals surface area (Å²) in [7, 11) is 0. The van der Waals surface area contributed by atoms with Gasteiger partial charge in [0.1, 0.15) is 33.8 Å². The van der Waals surface area contributed by atoms with Gasteiger partial charge in [-0.25, -0.2) is 0 Å². The third-order valence-electron chi connectivity index (χ3n) is 6.78. The van der Waals surface area contributed by atoms with Crippen molar-refractivity contribution in [3.63, 3.8) is 0 Å². The van der Waals surface area contributed by atoms with E-state index in [2.05, 4.69) is 0 Å². The third kappa shape index (κ3) is 6.28. The molecule has 0 unspecified atom stereocenters. The van der Waals surface area contributed by atoms with Crippen molar-refractivity contribution in [2.75, 3.05) is 0 Å². The lowest BCUT2D eigenvalue weighted by atomic mass is 10.1. The maximum Gasteiger partial charge on any atom is 0.196 e. The van der Waals surface area contributed by atoms with Crippen LogP contribution in [-0.2, 0) is 25.7 Å². The number of hydrogen-bond donors (Lipinski definition) is 4. The Morgan fingerprint density at radius 1 is 0.452 bits per heavy atom. The van der Waals surface area contributed by atoms with Gasteiger partial charge >= 0.3 is 0 Å². The number of hydrogen-bond acceptors (Lipinski definition) is 8. The Balaban J connectivity index is 0.000000168. The number of rotatable bonds is 6. The minimum atomic E-state index is -0.354. The molecule has 6 aromatic rings. The zero-order valence-corrected chi connectivity index (χ0v) is 22.5. The molecule has 42 heavy (non-hydrogen) atoms. The topological polar surface area (TPSA) is 141 Å². The molecule has 0 aliphatic carbocycles. The number of benzene rings is 4. The summed E-state index contributed by atoms with van der Waals surface area (Å²) in [5.41, 5.74) is 1.64. The van der Waals surface area contributed by atoms with Gasteiger partial charge in [-0.2, -0.15) is 0 Å². The minimum Gasteiger partial charge on any atom is -0.507 e. The third-order valence-corrected chi connectivity index (χ3v) is 6.78. The highest BCUT2D eigenvalue weighted by molar-refractivity contribution is 5.88. The predicted molar refractivity (Wildman–Crippen MR) is 159 cm³/mol. The van der Waals surface area contributed by atoms with Crippen molar-refractivity contribution in [2.45, 2.75) is 25.7 Å². The smallest absolute Gasteiger partial charge is 0.196 e. The van der Waals surface area contributed by atoms with E-state index in [0.717, 1.165) is 24.0 Å². The maximum absolute atomic E-state index is 12.1. The molecule has 8 nitrogen and oxygen atoms in total. The molecule has 0 aliphatic heterocycles. The van der Waals surface area contributed by atoms with E-state index in [1.807, 2.05) is 60.7 Å². The number of fused-ring (bicyclic) bond motifs is 2. The maximum atomic E-state index is 12.1. The molecule has 2 aromatic heterocycles. The molecular formula is C34H28O8. The molecule has 6 rings (SSSR count). The SMILES string of the molecule is O=c1cc(CCc2ccccc2)oc2c(O)ccc(O)c12.O=c1cc(CCc2ccccc2)oc2c(O)ccc(O)c12. The molecule has 0 saturated carbocycles. The largest absolute Gasteiger partial charge is 0.507 e. The summed E-state index contributed by atoms with van der Waals surface area (Å²) in [6.45, 7) is 0. The zero-order chi connectivity index (χ0) is 29.6. The van der Waals surface area contributed by atoms with Gasteiger partial charge in [-0.15, -0.1) is 0 Å². The van der Waals surface area contributed by atoms with Gasteiger partial charge in [0.15, 0.2) is 33.5 Å². The number of phenols is 4. The van der Waals surface area contributed by atoms with E-state index >= 15 is 0 Å².